The van der Waals surface area contributed by atoms with Gasteiger partial charge in [0, 0.05) is 29.7 Å². The maximum Gasteiger partial charge on any atom is 0.341 e. The van der Waals surface area contributed by atoms with Crippen molar-refractivity contribution >= 4 is 5.97 Å². The van der Waals surface area contributed by atoms with Crippen LogP contribution in [0, 0.1) is 5.41 Å². The van der Waals surface area contributed by atoms with Gasteiger partial charge in [-0.25, -0.2) is 4.79 Å². The molecular weight excluding hydrogens is 318 g/mol. The molecule has 5 heteroatoms. The summed E-state index contributed by atoms with van der Waals surface area (Å²) < 4.78 is 11.5. The summed E-state index contributed by atoms with van der Waals surface area (Å²) in [5.74, 6) is -0.156. The minimum absolute atomic E-state index is 0.00574. The van der Waals surface area contributed by atoms with Gasteiger partial charge in [0.05, 0.1) is 30.6 Å². The van der Waals surface area contributed by atoms with Gasteiger partial charge in [0.15, 0.2) is 0 Å². The molecule has 1 aromatic heterocycles. The zero-order chi connectivity index (χ0) is 18.0. The summed E-state index contributed by atoms with van der Waals surface area (Å²) in [5, 5.41) is 11.0. The number of aromatic nitrogens is 1. The number of fused-ring (bicyclic) bond motifs is 4. The molecule has 1 unspecified atom stereocenters. The number of hydrogen-bond acceptors (Lipinski definition) is 5. The molecule has 1 aromatic rings. The molecule has 0 amide bonds. The molecule has 1 saturated heterocycles. The Morgan fingerprint density at radius 2 is 1.92 bits per heavy atom. The number of carbonyl (C=O) groups is 1. The monoisotopic (exact) mass is 345 g/mol. The summed E-state index contributed by atoms with van der Waals surface area (Å²) >= 11 is 0. The second kappa shape index (κ2) is 5.52. The lowest BCUT2D eigenvalue weighted by Gasteiger charge is -2.39. The molecule has 5 nitrogen and oxygen atoms in total. The average Bonchev–Trinajstić information content (AvgIpc) is 2.78. The van der Waals surface area contributed by atoms with Crippen LogP contribution in [0.5, 0.6) is 0 Å². The average molecular weight is 345 g/mol. The fourth-order valence-electron chi connectivity index (χ4n) is 4.74. The van der Waals surface area contributed by atoms with E-state index in [0.29, 0.717) is 38.0 Å². The molecule has 1 fully saturated rings. The third-order valence-electron chi connectivity index (χ3n) is 5.86. The van der Waals surface area contributed by atoms with E-state index in [1.54, 1.807) is 0 Å². The SMILES string of the molecule is CC(C)c1nc2c(c3c1C(=O)OC31CCOCC1)C(O)CC(C)(C)C2. The van der Waals surface area contributed by atoms with Crippen LogP contribution < -0.4 is 0 Å². The Bertz CT molecular complexity index is 732. The minimum Gasteiger partial charge on any atom is -0.450 e. The molecular formula is C20H27NO4. The zero-order valence-electron chi connectivity index (χ0n) is 15.5. The van der Waals surface area contributed by atoms with Gasteiger partial charge < -0.3 is 14.6 Å². The van der Waals surface area contributed by atoms with Crippen LogP contribution in [0.3, 0.4) is 0 Å². The molecule has 4 rings (SSSR count). The van der Waals surface area contributed by atoms with Crippen LogP contribution in [0.2, 0.25) is 0 Å². The Morgan fingerprint density at radius 3 is 2.56 bits per heavy atom. The standard InChI is InChI=1S/C20H27NO4/c1-11(2)17-15-16(20(25-18(15)23)5-7-24-8-6-20)14-12(21-17)9-19(3,4)10-13(14)22/h11,13,22H,5-10H2,1-4H3. The lowest BCUT2D eigenvalue weighted by atomic mass is 9.70. The largest absolute Gasteiger partial charge is 0.450 e. The number of esters is 1. The van der Waals surface area contributed by atoms with Crippen molar-refractivity contribution in [3.8, 4) is 0 Å². The van der Waals surface area contributed by atoms with Gasteiger partial charge in [-0.3, -0.25) is 4.98 Å². The molecule has 0 radical (unpaired) electrons. The van der Waals surface area contributed by atoms with Crippen LogP contribution >= 0.6 is 0 Å². The number of rotatable bonds is 1. The van der Waals surface area contributed by atoms with Crippen LogP contribution in [0.25, 0.3) is 0 Å². The maximum absolute atomic E-state index is 12.8. The quantitative estimate of drug-likeness (QED) is 0.790. The van der Waals surface area contributed by atoms with Gasteiger partial charge in [-0.2, -0.15) is 0 Å². The van der Waals surface area contributed by atoms with Crippen molar-refractivity contribution in [2.45, 2.75) is 71.0 Å². The number of pyridine rings is 1. The van der Waals surface area contributed by atoms with Crippen molar-refractivity contribution in [2.75, 3.05) is 13.2 Å². The van der Waals surface area contributed by atoms with E-state index in [4.69, 9.17) is 14.5 Å². The molecule has 1 aliphatic carbocycles. The number of aliphatic hydroxyl groups is 1. The first kappa shape index (κ1) is 17.0. The number of hydrogen-bond donors (Lipinski definition) is 1. The number of aliphatic hydroxyl groups excluding tert-OH is 1. The van der Waals surface area contributed by atoms with Gasteiger partial charge in [-0.1, -0.05) is 27.7 Å². The molecule has 0 aromatic carbocycles. The second-order valence-corrected chi connectivity index (χ2v) is 8.82. The highest BCUT2D eigenvalue weighted by Gasteiger charge is 2.52. The van der Waals surface area contributed by atoms with Crippen molar-refractivity contribution in [1.82, 2.24) is 4.98 Å². The molecule has 0 saturated carbocycles. The minimum atomic E-state index is -0.649. The van der Waals surface area contributed by atoms with E-state index in [-0.39, 0.29) is 17.3 Å². The molecule has 1 spiro atoms. The van der Waals surface area contributed by atoms with Crippen LogP contribution in [-0.4, -0.2) is 29.3 Å². The molecule has 3 heterocycles. The Kier molecular flexibility index (Phi) is 3.75. The maximum atomic E-state index is 12.8. The predicted molar refractivity (Wildman–Crippen MR) is 92.5 cm³/mol. The highest BCUT2D eigenvalue weighted by atomic mass is 16.6. The third kappa shape index (κ3) is 2.51. The van der Waals surface area contributed by atoms with Gasteiger partial charge in [-0.05, 0) is 24.2 Å². The molecule has 136 valence electrons. The Morgan fingerprint density at radius 1 is 1.24 bits per heavy atom. The number of ether oxygens (including phenoxy) is 2. The van der Waals surface area contributed by atoms with E-state index in [9.17, 15) is 9.90 Å². The Labute approximate surface area is 148 Å². The van der Waals surface area contributed by atoms with Gasteiger partial charge in [0.25, 0.3) is 0 Å². The van der Waals surface area contributed by atoms with E-state index in [0.717, 1.165) is 28.9 Å². The Balaban J connectivity index is 2.01. The highest BCUT2D eigenvalue weighted by molar-refractivity contribution is 5.97. The van der Waals surface area contributed by atoms with Crippen LogP contribution in [-0.2, 0) is 21.5 Å². The summed E-state index contributed by atoms with van der Waals surface area (Å²) in [7, 11) is 0. The van der Waals surface area contributed by atoms with Crippen LogP contribution in [0.15, 0.2) is 0 Å². The summed E-state index contributed by atoms with van der Waals surface area (Å²) in [4.78, 5) is 17.7. The zero-order valence-corrected chi connectivity index (χ0v) is 15.5. The van der Waals surface area contributed by atoms with Crippen molar-refractivity contribution in [3.05, 3.63) is 28.1 Å². The summed E-state index contributed by atoms with van der Waals surface area (Å²) in [6.45, 7) is 9.58. The molecule has 0 bridgehead atoms. The van der Waals surface area contributed by atoms with Crippen LogP contribution in [0.1, 0.15) is 91.9 Å². The predicted octanol–water partition coefficient (Wildman–Crippen LogP) is 3.39. The van der Waals surface area contributed by atoms with Gasteiger partial charge in [-0.15, -0.1) is 0 Å². The van der Waals surface area contributed by atoms with Crippen molar-refractivity contribution < 1.29 is 19.4 Å². The van der Waals surface area contributed by atoms with Crippen LogP contribution in [0.4, 0.5) is 0 Å². The lowest BCUT2D eigenvalue weighted by Crippen LogP contribution is -2.37. The van der Waals surface area contributed by atoms with E-state index < -0.39 is 11.7 Å². The molecule has 25 heavy (non-hydrogen) atoms. The Hall–Kier alpha value is -1.46. The summed E-state index contributed by atoms with van der Waals surface area (Å²) in [5.41, 5.74) is 3.47. The second-order valence-electron chi connectivity index (χ2n) is 8.82. The fourth-order valence-corrected chi connectivity index (χ4v) is 4.74. The van der Waals surface area contributed by atoms with E-state index in [2.05, 4.69) is 27.7 Å². The summed E-state index contributed by atoms with van der Waals surface area (Å²) in [6.07, 6.45) is 2.19. The van der Waals surface area contributed by atoms with E-state index >= 15 is 0 Å². The van der Waals surface area contributed by atoms with Gasteiger partial charge >= 0.3 is 5.97 Å². The van der Waals surface area contributed by atoms with Gasteiger partial charge in [0.2, 0.25) is 0 Å². The van der Waals surface area contributed by atoms with E-state index in [1.807, 2.05) is 0 Å². The number of nitrogens with zero attached hydrogens (tertiary/aromatic N) is 1. The molecule has 3 aliphatic rings. The fraction of sp³-hybridized carbons (Fsp3) is 0.700. The molecule has 1 atom stereocenters. The van der Waals surface area contributed by atoms with E-state index in [1.165, 1.54) is 0 Å². The number of carbonyl (C=O) groups excluding carboxylic acids is 1. The first-order valence-corrected chi connectivity index (χ1v) is 9.30. The third-order valence-corrected chi connectivity index (χ3v) is 5.86. The smallest absolute Gasteiger partial charge is 0.341 e. The lowest BCUT2D eigenvalue weighted by molar-refractivity contribution is -0.0750. The van der Waals surface area contributed by atoms with Crippen molar-refractivity contribution in [3.63, 3.8) is 0 Å². The first-order chi connectivity index (χ1) is 11.7. The summed E-state index contributed by atoms with van der Waals surface area (Å²) in [6, 6.07) is 0. The molecule has 1 N–H and O–H groups in total. The highest BCUT2D eigenvalue weighted by Crippen LogP contribution is 2.52. The molecule has 2 aliphatic heterocycles. The van der Waals surface area contributed by atoms with Gasteiger partial charge in [0.1, 0.15) is 5.60 Å². The first-order valence-electron chi connectivity index (χ1n) is 9.30. The van der Waals surface area contributed by atoms with Crippen molar-refractivity contribution in [1.29, 1.82) is 0 Å². The topological polar surface area (TPSA) is 68.7 Å². The van der Waals surface area contributed by atoms with Crippen molar-refractivity contribution in [2.24, 2.45) is 5.41 Å². The normalized spacial score (nSPS) is 26.5.